The third-order valence-corrected chi connectivity index (χ3v) is 6.75. The molecule has 2 fully saturated rings. The summed E-state index contributed by atoms with van der Waals surface area (Å²) in [5, 5.41) is 7.39. The summed E-state index contributed by atoms with van der Waals surface area (Å²) in [5.41, 5.74) is 1.32. The Morgan fingerprint density at radius 3 is 2.56 bits per heavy atom. The molecule has 7 nitrogen and oxygen atoms in total. The molecule has 1 aromatic carbocycles. The lowest BCUT2D eigenvalue weighted by atomic mass is 9.92. The Morgan fingerprint density at radius 1 is 1.00 bits per heavy atom. The number of aryl methyl sites for hydroxylation is 1. The van der Waals surface area contributed by atoms with Gasteiger partial charge in [0.25, 0.3) is 0 Å². The van der Waals surface area contributed by atoms with Gasteiger partial charge < -0.3 is 10.2 Å². The van der Waals surface area contributed by atoms with Gasteiger partial charge in [0.15, 0.2) is 0 Å². The molecule has 2 amide bonds. The third kappa shape index (κ3) is 6.66. The van der Waals surface area contributed by atoms with Crippen LogP contribution in [-0.2, 0) is 22.7 Å². The maximum Gasteiger partial charge on any atom is 0.224 e. The normalized spacial score (nSPS) is 19.9. The summed E-state index contributed by atoms with van der Waals surface area (Å²) in [4.78, 5) is 29.3. The second kappa shape index (κ2) is 11.3. The second-order valence-corrected chi connectivity index (χ2v) is 9.16. The molecule has 2 aliphatic rings. The molecule has 0 radical (unpaired) electrons. The van der Waals surface area contributed by atoms with Crippen molar-refractivity contribution in [3.8, 4) is 0 Å². The molecular formula is C25H35N5O2. The number of nitrogens with one attached hydrogen (secondary N) is 1. The van der Waals surface area contributed by atoms with E-state index in [4.69, 9.17) is 0 Å². The van der Waals surface area contributed by atoms with Gasteiger partial charge in [-0.3, -0.25) is 19.2 Å². The van der Waals surface area contributed by atoms with Crippen molar-refractivity contribution in [1.82, 2.24) is 24.9 Å². The van der Waals surface area contributed by atoms with Crippen LogP contribution in [0.2, 0.25) is 0 Å². The lowest BCUT2D eigenvalue weighted by Gasteiger charge is -2.32. The minimum Gasteiger partial charge on any atom is -0.352 e. The Kier molecular flexibility index (Phi) is 7.93. The molecule has 2 saturated heterocycles. The predicted molar refractivity (Wildman–Crippen MR) is 124 cm³/mol. The van der Waals surface area contributed by atoms with Crippen molar-refractivity contribution in [2.45, 2.75) is 57.7 Å². The van der Waals surface area contributed by atoms with Gasteiger partial charge in [-0.05, 0) is 43.2 Å². The summed E-state index contributed by atoms with van der Waals surface area (Å²) in [6.45, 7) is 5.16. The van der Waals surface area contributed by atoms with E-state index in [1.165, 1.54) is 5.56 Å². The smallest absolute Gasteiger partial charge is 0.224 e. The highest BCUT2D eigenvalue weighted by atomic mass is 16.2. The highest BCUT2D eigenvalue weighted by Crippen LogP contribution is 2.22. The van der Waals surface area contributed by atoms with E-state index in [0.717, 1.165) is 58.4 Å². The van der Waals surface area contributed by atoms with Crippen molar-refractivity contribution in [2.75, 3.05) is 26.2 Å². The Labute approximate surface area is 190 Å². The summed E-state index contributed by atoms with van der Waals surface area (Å²) in [7, 11) is 0. The molecule has 0 saturated carbocycles. The maximum absolute atomic E-state index is 12.5. The minimum atomic E-state index is 0.175. The highest BCUT2D eigenvalue weighted by molar-refractivity contribution is 5.76. The highest BCUT2D eigenvalue weighted by Gasteiger charge is 2.26. The van der Waals surface area contributed by atoms with E-state index in [0.29, 0.717) is 25.3 Å². The fourth-order valence-electron chi connectivity index (χ4n) is 4.84. The number of hydrogen-bond donors (Lipinski definition) is 1. The van der Waals surface area contributed by atoms with Gasteiger partial charge in [-0.1, -0.05) is 30.3 Å². The van der Waals surface area contributed by atoms with Crippen molar-refractivity contribution < 1.29 is 9.59 Å². The van der Waals surface area contributed by atoms with Crippen molar-refractivity contribution >= 4 is 11.8 Å². The zero-order valence-electron chi connectivity index (χ0n) is 18.9. The molecule has 32 heavy (non-hydrogen) atoms. The molecule has 172 valence electrons. The molecule has 2 aliphatic heterocycles. The Balaban J connectivity index is 1.09. The number of carbonyl (C=O) groups excluding carboxylic acids is 2. The second-order valence-electron chi connectivity index (χ2n) is 9.16. The Morgan fingerprint density at radius 2 is 1.81 bits per heavy atom. The van der Waals surface area contributed by atoms with Crippen molar-refractivity contribution in [3.05, 3.63) is 54.4 Å². The quantitative estimate of drug-likeness (QED) is 0.655. The van der Waals surface area contributed by atoms with E-state index in [2.05, 4.69) is 39.6 Å². The number of carbonyl (C=O) groups is 2. The monoisotopic (exact) mass is 437 g/mol. The van der Waals surface area contributed by atoms with Gasteiger partial charge >= 0.3 is 0 Å². The molecule has 1 atom stereocenters. The first-order valence-corrected chi connectivity index (χ1v) is 12.0. The molecule has 0 spiro atoms. The van der Waals surface area contributed by atoms with Crippen molar-refractivity contribution in [3.63, 3.8) is 0 Å². The minimum absolute atomic E-state index is 0.175. The van der Waals surface area contributed by atoms with Gasteiger partial charge in [-0.15, -0.1) is 0 Å². The number of rotatable bonds is 9. The Hall–Kier alpha value is -2.67. The van der Waals surface area contributed by atoms with Crippen LogP contribution in [-0.4, -0.2) is 63.6 Å². The van der Waals surface area contributed by atoms with E-state index < -0.39 is 0 Å². The zero-order valence-corrected chi connectivity index (χ0v) is 18.9. The standard InChI is InChI=1S/C25H35N5O2/c31-24(27-23-11-15-28(20-23)19-22-5-2-1-3-6-22)8-7-21-9-16-29(17-10-21)25(32)12-18-30-14-4-13-26-30/h1-6,13-14,21,23H,7-12,15-20H2,(H,27,31). The van der Waals surface area contributed by atoms with Crippen LogP contribution < -0.4 is 5.32 Å². The fraction of sp³-hybridized carbons (Fsp3) is 0.560. The molecule has 1 N–H and O–H groups in total. The van der Waals surface area contributed by atoms with Crippen LogP contribution in [0.3, 0.4) is 0 Å². The molecule has 7 heteroatoms. The van der Waals surface area contributed by atoms with Crippen LogP contribution in [0.25, 0.3) is 0 Å². The summed E-state index contributed by atoms with van der Waals surface area (Å²) >= 11 is 0. The van der Waals surface area contributed by atoms with Crippen LogP contribution in [0, 0.1) is 5.92 Å². The number of nitrogens with zero attached hydrogens (tertiary/aromatic N) is 4. The number of amides is 2. The first kappa shape index (κ1) is 22.5. The van der Waals surface area contributed by atoms with Crippen LogP contribution in [0.1, 0.15) is 44.1 Å². The first-order valence-electron chi connectivity index (χ1n) is 12.0. The molecule has 0 aliphatic carbocycles. The summed E-state index contributed by atoms with van der Waals surface area (Å²) < 4.78 is 1.80. The average Bonchev–Trinajstić information content (AvgIpc) is 3.49. The fourth-order valence-corrected chi connectivity index (χ4v) is 4.84. The number of aromatic nitrogens is 2. The van der Waals surface area contributed by atoms with E-state index in [1.807, 2.05) is 23.2 Å². The first-order chi connectivity index (χ1) is 15.7. The molecule has 4 rings (SSSR count). The van der Waals surface area contributed by atoms with Crippen LogP contribution in [0.5, 0.6) is 0 Å². The third-order valence-electron chi connectivity index (χ3n) is 6.75. The van der Waals surface area contributed by atoms with Gasteiger partial charge in [0.05, 0.1) is 0 Å². The maximum atomic E-state index is 12.5. The topological polar surface area (TPSA) is 70.5 Å². The molecule has 0 bridgehead atoms. The lowest BCUT2D eigenvalue weighted by molar-refractivity contribution is -0.133. The van der Waals surface area contributed by atoms with Crippen LogP contribution in [0.4, 0.5) is 0 Å². The Bertz CT molecular complexity index is 846. The number of benzene rings is 1. The van der Waals surface area contributed by atoms with Gasteiger partial charge in [-0.2, -0.15) is 5.10 Å². The molecule has 3 heterocycles. The van der Waals surface area contributed by atoms with E-state index in [1.54, 1.807) is 10.9 Å². The SMILES string of the molecule is O=C(CCC1CCN(C(=O)CCn2cccn2)CC1)NC1CCN(Cc2ccccc2)C1. The number of piperidine rings is 1. The van der Waals surface area contributed by atoms with Gasteiger partial charge in [0, 0.05) is 70.5 Å². The van der Waals surface area contributed by atoms with Gasteiger partial charge in [0.2, 0.25) is 11.8 Å². The van der Waals surface area contributed by atoms with Crippen LogP contribution >= 0.6 is 0 Å². The van der Waals surface area contributed by atoms with Crippen molar-refractivity contribution in [1.29, 1.82) is 0 Å². The summed E-state index contributed by atoms with van der Waals surface area (Å²) in [6.07, 6.45) is 8.64. The van der Waals surface area contributed by atoms with E-state index in [-0.39, 0.29) is 17.9 Å². The molecule has 2 aromatic rings. The van der Waals surface area contributed by atoms with Crippen molar-refractivity contribution in [2.24, 2.45) is 5.92 Å². The number of likely N-dealkylation sites (tertiary alicyclic amines) is 2. The van der Waals surface area contributed by atoms with Gasteiger partial charge in [0.1, 0.15) is 0 Å². The predicted octanol–water partition coefficient (Wildman–Crippen LogP) is 2.68. The molecular weight excluding hydrogens is 402 g/mol. The molecule has 1 aromatic heterocycles. The zero-order chi connectivity index (χ0) is 22.2. The van der Waals surface area contributed by atoms with E-state index in [9.17, 15) is 9.59 Å². The summed E-state index contributed by atoms with van der Waals surface area (Å²) in [5.74, 6) is 0.918. The number of hydrogen-bond acceptors (Lipinski definition) is 4. The average molecular weight is 438 g/mol. The van der Waals surface area contributed by atoms with E-state index >= 15 is 0 Å². The largest absolute Gasteiger partial charge is 0.352 e. The lowest BCUT2D eigenvalue weighted by Crippen LogP contribution is -2.39. The summed E-state index contributed by atoms with van der Waals surface area (Å²) in [6, 6.07) is 12.6. The van der Waals surface area contributed by atoms with Gasteiger partial charge in [-0.25, -0.2) is 0 Å². The van der Waals surface area contributed by atoms with Crippen LogP contribution in [0.15, 0.2) is 48.8 Å². The molecule has 1 unspecified atom stereocenters.